The third-order valence-electron chi connectivity index (χ3n) is 5.67. The van der Waals surface area contributed by atoms with E-state index < -0.39 is 0 Å². The van der Waals surface area contributed by atoms with Gasteiger partial charge in [-0.1, -0.05) is 48.0 Å². The minimum Gasteiger partial charge on any atom is -0.355 e. The predicted molar refractivity (Wildman–Crippen MR) is 116 cm³/mol. The van der Waals surface area contributed by atoms with Crippen LogP contribution in [0.5, 0.6) is 0 Å². The number of nitrogens with one attached hydrogen (secondary N) is 1. The van der Waals surface area contributed by atoms with Gasteiger partial charge in [-0.15, -0.1) is 11.3 Å². The van der Waals surface area contributed by atoms with Crippen LogP contribution >= 0.6 is 11.3 Å². The zero-order chi connectivity index (χ0) is 20.2. The second-order valence-electron chi connectivity index (χ2n) is 7.90. The number of amides is 1. The maximum atomic E-state index is 12.7. The molecule has 1 aliphatic rings. The number of piperidine rings is 1. The van der Waals surface area contributed by atoms with Gasteiger partial charge in [0, 0.05) is 23.1 Å². The number of rotatable bonds is 6. The van der Waals surface area contributed by atoms with Crippen LogP contribution in [0.1, 0.15) is 46.7 Å². The van der Waals surface area contributed by atoms with Crippen LogP contribution in [-0.2, 0) is 0 Å². The van der Waals surface area contributed by atoms with Crippen LogP contribution in [0.3, 0.4) is 0 Å². The molecular weight excluding hydrogens is 382 g/mol. The molecule has 5 nitrogen and oxygen atoms in total. The number of aromatic nitrogens is 1. The van der Waals surface area contributed by atoms with E-state index in [0.29, 0.717) is 18.0 Å². The van der Waals surface area contributed by atoms with E-state index in [4.69, 9.17) is 4.52 Å². The Kier molecular flexibility index (Phi) is 6.11. The number of hydrogen-bond donors (Lipinski definition) is 1. The SMILES string of the molecule is Cc1ccc(-c2cc(C(=O)NC[C@@H](c3cccs3)N3CCC(C)CC3)no2)cc1. The molecule has 0 unspecified atom stereocenters. The summed E-state index contributed by atoms with van der Waals surface area (Å²) in [5.41, 5.74) is 2.41. The molecule has 1 amide bonds. The van der Waals surface area contributed by atoms with E-state index in [1.165, 1.54) is 23.3 Å². The first-order valence-electron chi connectivity index (χ1n) is 10.2. The summed E-state index contributed by atoms with van der Waals surface area (Å²) in [6, 6.07) is 14.1. The molecule has 1 atom stereocenters. The lowest BCUT2D eigenvalue weighted by Gasteiger charge is -2.36. The topological polar surface area (TPSA) is 58.4 Å². The number of thiophene rings is 1. The molecule has 2 aromatic heterocycles. The summed E-state index contributed by atoms with van der Waals surface area (Å²) in [5, 5.41) is 9.15. The molecule has 1 fully saturated rings. The lowest BCUT2D eigenvalue weighted by atomic mass is 9.97. The molecule has 1 aromatic carbocycles. The van der Waals surface area contributed by atoms with Crippen LogP contribution in [0.15, 0.2) is 52.4 Å². The zero-order valence-electron chi connectivity index (χ0n) is 16.9. The Labute approximate surface area is 175 Å². The van der Waals surface area contributed by atoms with Gasteiger partial charge in [0.05, 0.1) is 6.04 Å². The maximum absolute atomic E-state index is 12.7. The summed E-state index contributed by atoms with van der Waals surface area (Å²) in [7, 11) is 0. The summed E-state index contributed by atoms with van der Waals surface area (Å²) in [6.07, 6.45) is 2.41. The Morgan fingerprint density at radius 3 is 2.72 bits per heavy atom. The molecule has 0 spiro atoms. The Hall–Kier alpha value is -2.44. The first-order valence-corrected chi connectivity index (χ1v) is 11.1. The van der Waals surface area contributed by atoms with E-state index in [9.17, 15) is 4.79 Å². The van der Waals surface area contributed by atoms with Crippen LogP contribution in [0.2, 0.25) is 0 Å². The fourth-order valence-electron chi connectivity index (χ4n) is 3.75. The number of hydrogen-bond acceptors (Lipinski definition) is 5. The molecule has 1 saturated heterocycles. The minimum atomic E-state index is -0.195. The highest BCUT2D eigenvalue weighted by Crippen LogP contribution is 2.29. The van der Waals surface area contributed by atoms with Crippen molar-refractivity contribution in [1.82, 2.24) is 15.4 Å². The fraction of sp³-hybridized carbons (Fsp3) is 0.391. The average molecular weight is 410 g/mol. The van der Waals surface area contributed by atoms with E-state index in [1.807, 2.05) is 31.2 Å². The fourth-order valence-corrected chi connectivity index (χ4v) is 4.61. The summed E-state index contributed by atoms with van der Waals surface area (Å²) in [5.74, 6) is 1.19. The third-order valence-corrected chi connectivity index (χ3v) is 6.64. The van der Waals surface area contributed by atoms with E-state index in [-0.39, 0.29) is 11.9 Å². The van der Waals surface area contributed by atoms with Gasteiger partial charge in [-0.3, -0.25) is 9.69 Å². The Morgan fingerprint density at radius 1 is 1.28 bits per heavy atom. The monoisotopic (exact) mass is 409 g/mol. The van der Waals surface area contributed by atoms with Gasteiger partial charge in [0.25, 0.3) is 5.91 Å². The predicted octanol–water partition coefficient (Wildman–Crippen LogP) is 4.91. The lowest BCUT2D eigenvalue weighted by molar-refractivity contribution is 0.0906. The second kappa shape index (κ2) is 8.93. The van der Waals surface area contributed by atoms with Crippen molar-refractivity contribution < 1.29 is 9.32 Å². The number of benzene rings is 1. The first kappa shape index (κ1) is 19.9. The van der Waals surface area contributed by atoms with Crippen molar-refractivity contribution in [3.05, 3.63) is 64.0 Å². The molecule has 1 N–H and O–H groups in total. The number of carbonyl (C=O) groups is 1. The molecule has 152 valence electrons. The number of carbonyl (C=O) groups excluding carboxylic acids is 1. The van der Waals surface area contributed by atoms with Crippen LogP contribution in [0.4, 0.5) is 0 Å². The number of nitrogens with zero attached hydrogens (tertiary/aromatic N) is 2. The molecule has 3 heterocycles. The average Bonchev–Trinajstić information content (AvgIpc) is 3.42. The van der Waals surface area contributed by atoms with Gasteiger partial charge >= 0.3 is 0 Å². The molecule has 0 bridgehead atoms. The van der Waals surface area contributed by atoms with E-state index >= 15 is 0 Å². The molecular formula is C23H27N3O2S. The zero-order valence-corrected chi connectivity index (χ0v) is 17.7. The van der Waals surface area contributed by atoms with Crippen molar-refractivity contribution in [2.75, 3.05) is 19.6 Å². The minimum absolute atomic E-state index is 0.195. The van der Waals surface area contributed by atoms with Crippen LogP contribution in [0.25, 0.3) is 11.3 Å². The van der Waals surface area contributed by atoms with Gasteiger partial charge in [-0.25, -0.2) is 0 Å². The van der Waals surface area contributed by atoms with E-state index in [2.05, 4.69) is 39.8 Å². The first-order chi connectivity index (χ1) is 14.1. The number of aryl methyl sites for hydroxylation is 1. The third kappa shape index (κ3) is 4.77. The number of likely N-dealkylation sites (tertiary alicyclic amines) is 1. The molecule has 0 radical (unpaired) electrons. The highest BCUT2D eigenvalue weighted by molar-refractivity contribution is 7.10. The standard InChI is InChI=1S/C23H27N3O2S/c1-16-5-7-18(8-6-16)21-14-19(25-28-21)23(27)24-15-20(22-4-3-13-29-22)26-11-9-17(2)10-12-26/h3-8,13-14,17,20H,9-12,15H2,1-2H3,(H,24,27)/t20-/m0/s1. The summed E-state index contributed by atoms with van der Waals surface area (Å²) >= 11 is 1.75. The van der Waals surface area contributed by atoms with Crippen LogP contribution in [-0.4, -0.2) is 35.6 Å². The highest BCUT2D eigenvalue weighted by Gasteiger charge is 2.26. The van der Waals surface area contributed by atoms with Crippen molar-refractivity contribution in [3.63, 3.8) is 0 Å². The lowest BCUT2D eigenvalue weighted by Crippen LogP contribution is -2.41. The van der Waals surface area contributed by atoms with Crippen molar-refractivity contribution >= 4 is 17.2 Å². The second-order valence-corrected chi connectivity index (χ2v) is 8.88. The van der Waals surface area contributed by atoms with Crippen LogP contribution < -0.4 is 5.32 Å². The van der Waals surface area contributed by atoms with E-state index in [1.54, 1.807) is 17.4 Å². The Bertz CT molecular complexity index is 925. The normalized spacial score (nSPS) is 16.6. The van der Waals surface area contributed by atoms with Gasteiger partial charge in [-0.2, -0.15) is 0 Å². The van der Waals surface area contributed by atoms with Gasteiger partial charge in [0.15, 0.2) is 11.5 Å². The Balaban J connectivity index is 1.42. The van der Waals surface area contributed by atoms with Gasteiger partial charge < -0.3 is 9.84 Å². The molecule has 4 rings (SSSR count). The molecule has 6 heteroatoms. The smallest absolute Gasteiger partial charge is 0.273 e. The summed E-state index contributed by atoms with van der Waals surface area (Å²) in [4.78, 5) is 16.5. The van der Waals surface area contributed by atoms with Gasteiger partial charge in [0.2, 0.25) is 0 Å². The van der Waals surface area contributed by atoms with Crippen molar-refractivity contribution in [2.24, 2.45) is 5.92 Å². The quantitative estimate of drug-likeness (QED) is 0.628. The molecule has 29 heavy (non-hydrogen) atoms. The largest absolute Gasteiger partial charge is 0.355 e. The molecule has 0 saturated carbocycles. The maximum Gasteiger partial charge on any atom is 0.273 e. The van der Waals surface area contributed by atoms with Crippen molar-refractivity contribution in [1.29, 1.82) is 0 Å². The highest BCUT2D eigenvalue weighted by atomic mass is 32.1. The van der Waals surface area contributed by atoms with Gasteiger partial charge in [0.1, 0.15) is 0 Å². The molecule has 0 aliphatic carbocycles. The molecule has 3 aromatic rings. The summed E-state index contributed by atoms with van der Waals surface area (Å²) in [6.45, 7) is 7.06. The van der Waals surface area contributed by atoms with Crippen molar-refractivity contribution in [3.8, 4) is 11.3 Å². The Morgan fingerprint density at radius 2 is 2.03 bits per heavy atom. The summed E-state index contributed by atoms with van der Waals surface area (Å²) < 4.78 is 5.40. The van der Waals surface area contributed by atoms with Crippen molar-refractivity contribution in [2.45, 2.75) is 32.7 Å². The van der Waals surface area contributed by atoms with E-state index in [0.717, 1.165) is 24.6 Å². The molecule has 1 aliphatic heterocycles. The van der Waals surface area contributed by atoms with Crippen LogP contribution in [0, 0.1) is 12.8 Å². The van der Waals surface area contributed by atoms with Gasteiger partial charge in [-0.05, 0) is 50.2 Å².